The molecule has 3 heteroatoms. The topological polar surface area (TPSA) is 22.0 Å². The first-order valence-electron chi connectivity index (χ1n) is 7.17. The van der Waals surface area contributed by atoms with Gasteiger partial charge in [-0.15, -0.1) is 0 Å². The van der Waals surface area contributed by atoms with E-state index in [-0.39, 0.29) is 10.3 Å². The normalized spacial score (nSPS) is 13.9. The molecule has 20 heavy (non-hydrogen) atoms. The third-order valence-electron chi connectivity index (χ3n) is 3.95. The van der Waals surface area contributed by atoms with Gasteiger partial charge in [-0.2, -0.15) is 0 Å². The summed E-state index contributed by atoms with van der Waals surface area (Å²) < 4.78 is 16.0. The van der Waals surface area contributed by atoms with E-state index in [2.05, 4.69) is 72.7 Å². The van der Waals surface area contributed by atoms with Crippen LogP contribution in [0.3, 0.4) is 0 Å². The molecule has 0 aliphatic heterocycles. The van der Waals surface area contributed by atoms with Gasteiger partial charge in [0.1, 0.15) is 0 Å². The van der Waals surface area contributed by atoms with Crippen LogP contribution in [-0.2, 0) is 4.57 Å². The number of fused-ring (bicyclic) bond motifs is 1. The van der Waals surface area contributed by atoms with Gasteiger partial charge in [-0.3, -0.25) is 8.90 Å². The molecule has 0 spiro atoms. The van der Waals surface area contributed by atoms with Crippen molar-refractivity contribution in [1.82, 2.24) is 4.34 Å². The van der Waals surface area contributed by atoms with Crippen LogP contribution in [0.15, 0.2) is 30.5 Å². The predicted octanol–water partition coefficient (Wildman–Crippen LogP) is 5.67. The zero-order valence-corrected chi connectivity index (χ0v) is 14.6. The molecular formula is C17H26NOP. The largest absolute Gasteiger partial charge is 0.299 e. The Morgan fingerprint density at radius 1 is 0.950 bits per heavy atom. The van der Waals surface area contributed by atoms with Crippen LogP contribution in [0.1, 0.15) is 47.1 Å². The lowest BCUT2D eigenvalue weighted by Gasteiger charge is -2.42. The maximum Gasteiger partial charge on any atom is 0.186 e. The van der Waals surface area contributed by atoms with E-state index < -0.39 is 7.29 Å². The second kappa shape index (κ2) is 4.49. The first-order chi connectivity index (χ1) is 8.98. The van der Waals surface area contributed by atoms with Crippen LogP contribution in [0.25, 0.3) is 10.9 Å². The third kappa shape index (κ3) is 2.15. The minimum absolute atomic E-state index is 0.276. The second-order valence-electron chi connectivity index (χ2n) is 7.64. The van der Waals surface area contributed by atoms with Crippen LogP contribution < -0.4 is 0 Å². The minimum Gasteiger partial charge on any atom is -0.299 e. The van der Waals surface area contributed by atoms with Crippen molar-refractivity contribution in [3.05, 3.63) is 36.0 Å². The van der Waals surface area contributed by atoms with E-state index in [0.717, 1.165) is 5.52 Å². The highest BCUT2D eigenvalue weighted by molar-refractivity contribution is 7.65. The maximum absolute atomic E-state index is 14.0. The summed E-state index contributed by atoms with van der Waals surface area (Å²) >= 11 is 0. The van der Waals surface area contributed by atoms with Gasteiger partial charge in [0.25, 0.3) is 0 Å². The van der Waals surface area contributed by atoms with Crippen LogP contribution in [0.5, 0.6) is 0 Å². The van der Waals surface area contributed by atoms with E-state index in [0.29, 0.717) is 0 Å². The monoisotopic (exact) mass is 291 g/mol. The Morgan fingerprint density at radius 2 is 1.50 bits per heavy atom. The Kier molecular flexibility index (Phi) is 3.46. The molecule has 0 N–H and O–H groups in total. The smallest absolute Gasteiger partial charge is 0.186 e. The molecule has 1 heterocycles. The highest BCUT2D eigenvalue weighted by Gasteiger charge is 2.48. The Balaban J connectivity index is 2.81. The maximum atomic E-state index is 14.0. The summed E-state index contributed by atoms with van der Waals surface area (Å²) in [6.45, 7) is 14.6. The SMILES string of the molecule is Cc1ccc2c(ccn2P(=O)(C(C)(C)C)C(C)(C)C)c1. The van der Waals surface area contributed by atoms with Crippen LogP contribution in [0.2, 0.25) is 0 Å². The number of hydrogen-bond donors (Lipinski definition) is 0. The summed E-state index contributed by atoms with van der Waals surface area (Å²) in [5, 5.41) is 0.614. The average Bonchev–Trinajstić information content (AvgIpc) is 2.67. The molecular weight excluding hydrogens is 265 g/mol. The van der Waals surface area contributed by atoms with Crippen molar-refractivity contribution >= 4 is 18.2 Å². The summed E-state index contributed by atoms with van der Waals surface area (Å²) in [7, 11) is -2.64. The first kappa shape index (κ1) is 15.4. The van der Waals surface area contributed by atoms with E-state index in [1.54, 1.807) is 0 Å². The molecule has 110 valence electrons. The molecule has 2 aromatic rings. The van der Waals surface area contributed by atoms with Crippen molar-refractivity contribution in [3.63, 3.8) is 0 Å². The van der Waals surface area contributed by atoms with E-state index >= 15 is 0 Å². The third-order valence-corrected chi connectivity index (χ3v) is 8.54. The Hall–Kier alpha value is -1.01. The minimum atomic E-state index is -2.64. The second-order valence-corrected chi connectivity index (χ2v) is 11.9. The number of aromatic nitrogens is 1. The fourth-order valence-electron chi connectivity index (χ4n) is 3.15. The molecule has 0 radical (unpaired) electrons. The summed E-state index contributed by atoms with van der Waals surface area (Å²) in [6, 6.07) is 8.41. The number of hydrogen-bond acceptors (Lipinski definition) is 1. The van der Waals surface area contributed by atoms with Crippen molar-refractivity contribution in [1.29, 1.82) is 0 Å². The standard InChI is InChI=1S/C17H26NOP/c1-13-8-9-15-14(12-13)10-11-18(15)20(19,16(2,3)4)17(5,6)7/h8-12H,1-7H3. The molecule has 0 amide bonds. The molecule has 2 nitrogen and oxygen atoms in total. The number of nitrogens with zero attached hydrogens (tertiary/aromatic N) is 1. The van der Waals surface area contributed by atoms with Gasteiger partial charge in [0, 0.05) is 21.9 Å². The van der Waals surface area contributed by atoms with Gasteiger partial charge in [0.05, 0.1) is 5.52 Å². The van der Waals surface area contributed by atoms with Crippen molar-refractivity contribution in [2.45, 2.75) is 58.8 Å². The van der Waals surface area contributed by atoms with Gasteiger partial charge in [0.2, 0.25) is 0 Å². The molecule has 2 rings (SSSR count). The van der Waals surface area contributed by atoms with Crippen molar-refractivity contribution < 1.29 is 4.57 Å². The van der Waals surface area contributed by atoms with Crippen LogP contribution in [0.4, 0.5) is 0 Å². The lowest BCUT2D eigenvalue weighted by atomic mass is 10.2. The quantitative estimate of drug-likeness (QED) is 0.620. The molecule has 1 aromatic heterocycles. The van der Waals surface area contributed by atoms with Crippen LogP contribution in [0, 0.1) is 6.92 Å². The summed E-state index contributed by atoms with van der Waals surface area (Å²) in [5.74, 6) is 0. The molecule has 0 aliphatic carbocycles. The Bertz CT molecular complexity index is 665. The average molecular weight is 291 g/mol. The molecule has 0 saturated heterocycles. The van der Waals surface area contributed by atoms with Crippen LogP contribution in [-0.4, -0.2) is 14.6 Å². The van der Waals surface area contributed by atoms with Gasteiger partial charge < -0.3 is 0 Å². The van der Waals surface area contributed by atoms with Gasteiger partial charge in [-0.05, 0) is 25.1 Å². The lowest BCUT2D eigenvalue weighted by Crippen LogP contribution is -2.32. The van der Waals surface area contributed by atoms with E-state index in [9.17, 15) is 4.57 Å². The van der Waals surface area contributed by atoms with Crippen molar-refractivity contribution in [2.75, 3.05) is 0 Å². The van der Waals surface area contributed by atoms with Gasteiger partial charge in [0.15, 0.2) is 7.29 Å². The zero-order valence-electron chi connectivity index (χ0n) is 13.7. The first-order valence-corrected chi connectivity index (χ1v) is 8.83. The van der Waals surface area contributed by atoms with Crippen molar-refractivity contribution in [2.24, 2.45) is 0 Å². The van der Waals surface area contributed by atoms with Gasteiger partial charge in [-0.25, -0.2) is 0 Å². The predicted molar refractivity (Wildman–Crippen MR) is 89.2 cm³/mol. The highest BCUT2D eigenvalue weighted by atomic mass is 31.2. The van der Waals surface area contributed by atoms with Crippen LogP contribution >= 0.6 is 7.29 Å². The molecule has 0 aliphatic rings. The fraction of sp³-hybridized carbons (Fsp3) is 0.529. The lowest BCUT2D eigenvalue weighted by molar-refractivity contribution is 0.509. The van der Waals surface area contributed by atoms with Gasteiger partial charge >= 0.3 is 0 Å². The summed E-state index contributed by atoms with van der Waals surface area (Å²) in [5.41, 5.74) is 2.31. The number of benzene rings is 1. The molecule has 0 fully saturated rings. The molecule has 0 unspecified atom stereocenters. The Labute approximate surface area is 122 Å². The summed E-state index contributed by atoms with van der Waals surface area (Å²) in [6.07, 6.45) is 2.00. The number of rotatable bonds is 1. The highest BCUT2D eigenvalue weighted by Crippen LogP contribution is 2.68. The molecule has 1 aromatic carbocycles. The molecule has 0 bridgehead atoms. The zero-order chi connectivity index (χ0) is 15.3. The summed E-state index contributed by atoms with van der Waals surface area (Å²) in [4.78, 5) is 0. The van der Waals surface area contributed by atoms with E-state index in [1.807, 2.05) is 10.5 Å². The fourth-order valence-corrected chi connectivity index (χ4v) is 7.19. The molecule has 0 saturated carbocycles. The van der Waals surface area contributed by atoms with Gasteiger partial charge in [-0.1, -0.05) is 53.2 Å². The number of aryl methyl sites for hydroxylation is 1. The van der Waals surface area contributed by atoms with E-state index in [1.165, 1.54) is 10.9 Å². The van der Waals surface area contributed by atoms with E-state index in [4.69, 9.17) is 0 Å². The molecule has 0 atom stereocenters. The van der Waals surface area contributed by atoms with Crippen molar-refractivity contribution in [3.8, 4) is 0 Å². The Morgan fingerprint density at radius 3 is 2.00 bits per heavy atom.